The third kappa shape index (κ3) is 9.60. The molecule has 2 aromatic rings. The lowest BCUT2D eigenvalue weighted by Crippen LogP contribution is -2.25. The first-order valence-corrected chi connectivity index (χ1v) is 12.2. The molecule has 0 aliphatic rings. The smallest absolute Gasteiger partial charge is 0.407 e. The summed E-state index contributed by atoms with van der Waals surface area (Å²) in [4.78, 5) is 24.3. The highest BCUT2D eigenvalue weighted by atomic mass is 127. The Balaban J connectivity index is 1.74. The molecule has 0 aliphatic heterocycles. The van der Waals surface area contributed by atoms with Crippen molar-refractivity contribution >= 4 is 46.1 Å². The summed E-state index contributed by atoms with van der Waals surface area (Å²) in [7, 11) is 0. The molecule has 31 heavy (non-hydrogen) atoms. The van der Waals surface area contributed by atoms with Crippen LogP contribution in [-0.4, -0.2) is 24.4 Å². The topological polar surface area (TPSA) is 55.4 Å². The number of amides is 1. The summed E-state index contributed by atoms with van der Waals surface area (Å²) >= 11 is 8.13. The van der Waals surface area contributed by atoms with Gasteiger partial charge in [0.05, 0.1) is 12.5 Å². The quantitative estimate of drug-likeness (QED) is 0.234. The van der Waals surface area contributed by atoms with Gasteiger partial charge in [-0.1, -0.05) is 62.7 Å². The molecule has 2 rings (SSSR count). The van der Waals surface area contributed by atoms with Gasteiger partial charge in [-0.05, 0) is 70.5 Å². The normalized spacial score (nSPS) is 12.3. The van der Waals surface area contributed by atoms with Crippen LogP contribution in [0.4, 0.5) is 4.79 Å². The highest BCUT2D eigenvalue weighted by Gasteiger charge is 2.23. The molecular formula is C25H31ClINO3. The van der Waals surface area contributed by atoms with E-state index >= 15 is 0 Å². The van der Waals surface area contributed by atoms with E-state index in [4.69, 9.17) is 16.3 Å². The fourth-order valence-electron chi connectivity index (χ4n) is 3.48. The van der Waals surface area contributed by atoms with E-state index in [9.17, 15) is 9.59 Å². The summed E-state index contributed by atoms with van der Waals surface area (Å²) in [6.45, 7) is 5.16. The Morgan fingerprint density at radius 2 is 1.84 bits per heavy atom. The van der Waals surface area contributed by atoms with E-state index in [1.807, 2.05) is 48.5 Å². The van der Waals surface area contributed by atoms with Crippen LogP contribution in [-0.2, 0) is 16.1 Å². The maximum absolute atomic E-state index is 12.4. The minimum atomic E-state index is -0.397. The van der Waals surface area contributed by atoms with E-state index < -0.39 is 6.09 Å². The van der Waals surface area contributed by atoms with Crippen LogP contribution in [0.3, 0.4) is 0 Å². The number of hydrogen-bond donors (Lipinski definition) is 1. The van der Waals surface area contributed by atoms with Crippen molar-refractivity contribution < 1.29 is 14.3 Å². The summed E-state index contributed by atoms with van der Waals surface area (Å²) in [5.41, 5.74) is 2.09. The third-order valence-electron chi connectivity index (χ3n) is 5.41. The Hall–Kier alpha value is -1.60. The maximum Gasteiger partial charge on any atom is 0.407 e. The third-order valence-corrected chi connectivity index (χ3v) is 6.34. The van der Waals surface area contributed by atoms with Crippen molar-refractivity contribution in [3.05, 3.63) is 69.3 Å². The molecule has 1 N–H and O–H groups in total. The molecule has 0 saturated carbocycles. The highest BCUT2D eigenvalue weighted by Crippen LogP contribution is 2.31. The number of benzene rings is 2. The molecule has 1 unspecified atom stereocenters. The summed E-state index contributed by atoms with van der Waals surface area (Å²) in [5, 5.41) is 2.77. The van der Waals surface area contributed by atoms with Crippen molar-refractivity contribution in [1.29, 1.82) is 0 Å². The Morgan fingerprint density at radius 1 is 1.10 bits per heavy atom. The number of ether oxygens (including phenoxy) is 1. The van der Waals surface area contributed by atoms with Crippen LogP contribution in [0.5, 0.6) is 0 Å². The molecular weight excluding hydrogens is 525 g/mol. The van der Waals surface area contributed by atoms with Gasteiger partial charge in [0.25, 0.3) is 0 Å². The van der Waals surface area contributed by atoms with Gasteiger partial charge in [-0.3, -0.25) is 4.79 Å². The molecule has 0 spiro atoms. The molecule has 0 bridgehead atoms. The average Bonchev–Trinajstić information content (AvgIpc) is 2.75. The van der Waals surface area contributed by atoms with Gasteiger partial charge in [-0.2, -0.15) is 0 Å². The zero-order chi connectivity index (χ0) is 22.7. The molecule has 0 aromatic heterocycles. The van der Waals surface area contributed by atoms with Crippen molar-refractivity contribution in [2.24, 2.45) is 5.41 Å². The van der Waals surface area contributed by atoms with E-state index in [-0.39, 0.29) is 23.0 Å². The van der Waals surface area contributed by atoms with Crippen LogP contribution in [0, 0.1) is 8.99 Å². The highest BCUT2D eigenvalue weighted by molar-refractivity contribution is 14.1. The minimum Gasteiger partial charge on any atom is -0.450 e. The van der Waals surface area contributed by atoms with Gasteiger partial charge in [0.15, 0.2) is 5.78 Å². The monoisotopic (exact) mass is 555 g/mol. The lowest BCUT2D eigenvalue weighted by atomic mass is 9.81. The van der Waals surface area contributed by atoms with Crippen LogP contribution in [0.15, 0.2) is 54.6 Å². The van der Waals surface area contributed by atoms with Crippen LogP contribution in [0.25, 0.3) is 0 Å². The molecule has 1 amide bonds. The standard InChI is InChI=1S/C25H31ClINO3/c1-25(2,14-15-31-24(30)28-18-19-8-4-3-5-9-19)13-7-12-22(23(29)17-26)20-10-6-11-21(27)16-20/h3-6,8-11,16,22H,7,12-15,17-18H2,1-2H3,(H,28,30). The first-order valence-electron chi connectivity index (χ1n) is 10.6. The maximum atomic E-state index is 12.4. The number of Topliss-reactive ketones (excluding diaryl/α,β-unsaturated/α-hetero) is 1. The van der Waals surface area contributed by atoms with Crippen LogP contribution in [0.1, 0.15) is 56.6 Å². The number of hydrogen-bond acceptors (Lipinski definition) is 3. The lowest BCUT2D eigenvalue weighted by molar-refractivity contribution is -0.118. The van der Waals surface area contributed by atoms with Gasteiger partial charge in [0.1, 0.15) is 0 Å². The van der Waals surface area contributed by atoms with E-state index in [2.05, 4.69) is 47.8 Å². The zero-order valence-corrected chi connectivity index (χ0v) is 21.1. The lowest BCUT2D eigenvalue weighted by Gasteiger charge is -2.25. The summed E-state index contributed by atoms with van der Waals surface area (Å²) in [5.74, 6) is -0.0613. The number of nitrogens with one attached hydrogen (secondary N) is 1. The van der Waals surface area contributed by atoms with Crippen molar-refractivity contribution in [2.45, 2.75) is 52.0 Å². The fraction of sp³-hybridized carbons (Fsp3) is 0.440. The first-order chi connectivity index (χ1) is 14.8. The number of ketones is 1. The second-order valence-corrected chi connectivity index (χ2v) is 10.0. The predicted octanol–water partition coefficient (Wildman–Crippen LogP) is 6.70. The van der Waals surface area contributed by atoms with Gasteiger partial charge in [0.2, 0.25) is 0 Å². The van der Waals surface area contributed by atoms with Gasteiger partial charge < -0.3 is 10.1 Å². The molecule has 2 aromatic carbocycles. The van der Waals surface area contributed by atoms with Crippen molar-refractivity contribution in [3.8, 4) is 0 Å². The number of halogens is 2. The average molecular weight is 556 g/mol. The van der Waals surface area contributed by atoms with Gasteiger partial charge in [-0.25, -0.2) is 4.79 Å². The number of carbonyl (C=O) groups excluding carboxylic acids is 2. The molecule has 0 fully saturated rings. The van der Waals surface area contributed by atoms with Crippen molar-refractivity contribution in [3.63, 3.8) is 0 Å². The van der Waals surface area contributed by atoms with Crippen LogP contribution < -0.4 is 5.32 Å². The Labute approximate surface area is 204 Å². The molecule has 1 atom stereocenters. The number of carbonyl (C=O) groups is 2. The summed E-state index contributed by atoms with van der Waals surface area (Å²) in [6, 6.07) is 17.8. The minimum absolute atomic E-state index is 0.0133. The van der Waals surface area contributed by atoms with Crippen molar-refractivity contribution in [2.75, 3.05) is 12.5 Å². The number of alkyl carbamates (subject to hydrolysis) is 1. The van der Waals surface area contributed by atoms with E-state index in [1.165, 1.54) is 0 Å². The van der Waals surface area contributed by atoms with Gasteiger partial charge in [0, 0.05) is 16.0 Å². The van der Waals surface area contributed by atoms with E-state index in [1.54, 1.807) is 0 Å². The second-order valence-electron chi connectivity index (χ2n) is 8.49. The van der Waals surface area contributed by atoms with Crippen molar-refractivity contribution in [1.82, 2.24) is 5.32 Å². The molecule has 168 valence electrons. The summed E-state index contributed by atoms with van der Waals surface area (Å²) in [6.07, 6.45) is 2.99. The SMILES string of the molecule is CC(C)(CCCC(C(=O)CCl)c1cccc(I)c1)CCOC(=O)NCc1ccccc1. The fourth-order valence-corrected chi connectivity index (χ4v) is 4.23. The molecule has 0 heterocycles. The Bertz CT molecular complexity index is 842. The second kappa shape index (κ2) is 13.1. The van der Waals surface area contributed by atoms with E-state index in [0.717, 1.165) is 40.4 Å². The van der Waals surface area contributed by atoms with Crippen LogP contribution in [0.2, 0.25) is 0 Å². The zero-order valence-electron chi connectivity index (χ0n) is 18.2. The Morgan fingerprint density at radius 3 is 2.52 bits per heavy atom. The largest absolute Gasteiger partial charge is 0.450 e. The molecule has 6 heteroatoms. The predicted molar refractivity (Wildman–Crippen MR) is 135 cm³/mol. The Kier molecular flexibility index (Phi) is 10.8. The van der Waals surface area contributed by atoms with Gasteiger partial charge in [-0.15, -0.1) is 11.6 Å². The molecule has 0 saturated heterocycles. The van der Waals surface area contributed by atoms with Gasteiger partial charge >= 0.3 is 6.09 Å². The summed E-state index contributed by atoms with van der Waals surface area (Å²) < 4.78 is 6.46. The number of alkyl halides is 1. The molecule has 0 aliphatic carbocycles. The number of rotatable bonds is 12. The first kappa shape index (κ1) is 25.7. The van der Waals surface area contributed by atoms with E-state index in [0.29, 0.717) is 13.2 Å². The van der Waals surface area contributed by atoms with Crippen LogP contribution >= 0.6 is 34.2 Å². The molecule has 4 nitrogen and oxygen atoms in total. The molecule has 0 radical (unpaired) electrons.